The number of nitrogens with one attached hydrogen (secondary N) is 1. The summed E-state index contributed by atoms with van der Waals surface area (Å²) in [4.78, 5) is 16.7. The number of carbonyl (C=O) groups excluding carboxylic acids is 1. The van der Waals surface area contributed by atoms with E-state index in [0.29, 0.717) is 17.9 Å². The van der Waals surface area contributed by atoms with Crippen molar-refractivity contribution in [1.29, 1.82) is 0 Å². The van der Waals surface area contributed by atoms with Crippen molar-refractivity contribution in [3.63, 3.8) is 0 Å². The first-order chi connectivity index (χ1) is 12.5. The minimum atomic E-state index is -0.227. The van der Waals surface area contributed by atoms with Crippen LogP contribution in [0.15, 0.2) is 78.1 Å². The summed E-state index contributed by atoms with van der Waals surface area (Å²) in [5, 5.41) is 2.79. The lowest BCUT2D eigenvalue weighted by Gasteiger charge is -2.08. The van der Waals surface area contributed by atoms with E-state index in [4.69, 9.17) is 4.74 Å². The highest BCUT2D eigenvalue weighted by atomic mass is 16.5. The fourth-order valence-electron chi connectivity index (χ4n) is 1.97. The van der Waals surface area contributed by atoms with E-state index in [9.17, 15) is 4.79 Å². The lowest BCUT2D eigenvalue weighted by molar-refractivity contribution is 0.0967. The number of aliphatic imine (C=N–C) groups is 1. The average molecular weight is 352 g/mol. The molecule has 1 aromatic rings. The molecule has 0 aromatic heterocycles. The molecule has 0 saturated heterocycles. The molecule has 1 amide bonds. The van der Waals surface area contributed by atoms with E-state index in [0.717, 1.165) is 29.9 Å². The third kappa shape index (κ3) is 7.34. The zero-order valence-corrected chi connectivity index (χ0v) is 15.9. The van der Waals surface area contributed by atoms with Gasteiger partial charge in [0.25, 0.3) is 5.91 Å². The standard InChI is InChI=1S/C22H28N2O2/c1-6-9-15-26-20-13-11-18(12-14-20)22(25)24-19(8-3)16-23-21(10-7-2)17(4)5/h7-8,10-14,16H,3-4,6,9,15H2,1-2,5H3,(H,24,25)/b10-7-,19-16+,23-21-. The van der Waals surface area contributed by atoms with Gasteiger partial charge >= 0.3 is 0 Å². The largest absolute Gasteiger partial charge is 0.494 e. The summed E-state index contributed by atoms with van der Waals surface area (Å²) in [6.45, 7) is 14.2. The molecule has 0 radical (unpaired) electrons. The Morgan fingerprint density at radius 2 is 2.00 bits per heavy atom. The minimum Gasteiger partial charge on any atom is -0.494 e. The van der Waals surface area contributed by atoms with Gasteiger partial charge in [0.05, 0.1) is 24.2 Å². The third-order valence-corrected chi connectivity index (χ3v) is 3.47. The topological polar surface area (TPSA) is 50.7 Å². The number of amides is 1. The lowest BCUT2D eigenvalue weighted by atomic mass is 10.2. The normalized spacial score (nSPS) is 12.1. The summed E-state index contributed by atoms with van der Waals surface area (Å²) in [6.07, 6.45) is 8.96. The molecule has 0 aliphatic heterocycles. The monoisotopic (exact) mass is 352 g/mol. The third-order valence-electron chi connectivity index (χ3n) is 3.47. The second kappa shape index (κ2) is 11.6. The molecule has 4 nitrogen and oxygen atoms in total. The van der Waals surface area contributed by atoms with Gasteiger partial charge in [-0.2, -0.15) is 0 Å². The number of allylic oxidation sites excluding steroid dienone is 4. The number of carbonyl (C=O) groups is 1. The Bertz CT molecular complexity index is 710. The van der Waals surface area contributed by atoms with Gasteiger partial charge < -0.3 is 10.1 Å². The van der Waals surface area contributed by atoms with Gasteiger partial charge in [-0.25, -0.2) is 0 Å². The zero-order valence-electron chi connectivity index (χ0n) is 15.9. The van der Waals surface area contributed by atoms with E-state index in [1.807, 2.05) is 26.0 Å². The predicted molar refractivity (Wildman–Crippen MR) is 110 cm³/mol. The van der Waals surface area contributed by atoms with Gasteiger partial charge in [-0.1, -0.05) is 32.6 Å². The Hall–Kier alpha value is -2.88. The van der Waals surface area contributed by atoms with Crippen molar-refractivity contribution in [2.24, 2.45) is 4.99 Å². The molecule has 0 aliphatic carbocycles. The molecular formula is C22H28N2O2. The summed E-state index contributed by atoms with van der Waals surface area (Å²) < 4.78 is 5.60. The first kappa shape index (κ1) is 21.2. The van der Waals surface area contributed by atoms with Gasteiger partial charge in [-0.3, -0.25) is 9.79 Å². The van der Waals surface area contributed by atoms with E-state index < -0.39 is 0 Å². The second-order valence-corrected chi connectivity index (χ2v) is 5.76. The summed E-state index contributed by atoms with van der Waals surface area (Å²) in [5.74, 6) is 0.533. The molecule has 1 aromatic carbocycles. The van der Waals surface area contributed by atoms with Crippen molar-refractivity contribution in [3.8, 4) is 5.75 Å². The van der Waals surface area contributed by atoms with Crippen molar-refractivity contribution in [1.82, 2.24) is 5.32 Å². The lowest BCUT2D eigenvalue weighted by Crippen LogP contribution is -2.21. The van der Waals surface area contributed by atoms with Crippen molar-refractivity contribution in [2.75, 3.05) is 6.61 Å². The molecule has 0 aliphatic rings. The first-order valence-corrected chi connectivity index (χ1v) is 8.75. The van der Waals surface area contributed by atoms with Crippen LogP contribution in [0.1, 0.15) is 44.0 Å². The Morgan fingerprint density at radius 1 is 1.31 bits per heavy atom. The highest BCUT2D eigenvalue weighted by Gasteiger charge is 2.06. The van der Waals surface area contributed by atoms with Crippen LogP contribution in [0, 0.1) is 0 Å². The molecule has 4 heteroatoms. The molecule has 0 heterocycles. The van der Waals surface area contributed by atoms with Crippen LogP contribution in [0.2, 0.25) is 0 Å². The Kier molecular flexibility index (Phi) is 9.47. The molecule has 26 heavy (non-hydrogen) atoms. The smallest absolute Gasteiger partial charge is 0.255 e. The maximum absolute atomic E-state index is 12.4. The molecule has 0 bridgehead atoms. The van der Waals surface area contributed by atoms with Gasteiger partial charge in [0, 0.05) is 5.56 Å². The van der Waals surface area contributed by atoms with E-state index in [1.54, 1.807) is 36.5 Å². The number of hydrogen-bond acceptors (Lipinski definition) is 3. The molecule has 0 spiro atoms. The van der Waals surface area contributed by atoms with Crippen LogP contribution >= 0.6 is 0 Å². The van der Waals surface area contributed by atoms with E-state index in [2.05, 4.69) is 30.4 Å². The molecule has 138 valence electrons. The molecular weight excluding hydrogens is 324 g/mol. The van der Waals surface area contributed by atoms with E-state index in [1.165, 1.54) is 0 Å². The van der Waals surface area contributed by atoms with Crippen molar-refractivity contribution < 1.29 is 9.53 Å². The number of rotatable bonds is 10. The Labute approximate surface area is 156 Å². The minimum absolute atomic E-state index is 0.227. The molecule has 0 fully saturated rings. The molecule has 0 saturated carbocycles. The van der Waals surface area contributed by atoms with Crippen LogP contribution in [0.25, 0.3) is 0 Å². The summed E-state index contributed by atoms with van der Waals surface area (Å²) in [6, 6.07) is 7.07. The van der Waals surface area contributed by atoms with Crippen molar-refractivity contribution >= 4 is 11.6 Å². The Morgan fingerprint density at radius 3 is 2.54 bits per heavy atom. The van der Waals surface area contributed by atoms with Gasteiger partial charge in [0.1, 0.15) is 5.75 Å². The Balaban J connectivity index is 2.80. The maximum Gasteiger partial charge on any atom is 0.255 e. The van der Waals surface area contributed by atoms with Crippen LogP contribution in [-0.4, -0.2) is 18.2 Å². The van der Waals surface area contributed by atoms with Gasteiger partial charge in [0.2, 0.25) is 0 Å². The average Bonchev–Trinajstić information content (AvgIpc) is 2.64. The van der Waals surface area contributed by atoms with Gasteiger partial charge in [-0.05, 0) is 62.3 Å². The zero-order chi connectivity index (χ0) is 19.4. The van der Waals surface area contributed by atoms with Crippen LogP contribution in [0.5, 0.6) is 5.75 Å². The quantitative estimate of drug-likeness (QED) is 0.357. The number of nitrogens with zero attached hydrogens (tertiary/aromatic N) is 1. The molecule has 1 rings (SSSR count). The molecule has 0 atom stereocenters. The summed E-state index contributed by atoms with van der Waals surface area (Å²) in [7, 11) is 0. The summed E-state index contributed by atoms with van der Waals surface area (Å²) >= 11 is 0. The first-order valence-electron chi connectivity index (χ1n) is 8.75. The number of hydrogen-bond donors (Lipinski definition) is 1. The highest BCUT2D eigenvalue weighted by molar-refractivity contribution is 6.07. The SMILES string of the molecule is C=C\C(=C/N=C(/C=C\C)C(=C)C)NC(=O)c1ccc(OCCCC)cc1. The highest BCUT2D eigenvalue weighted by Crippen LogP contribution is 2.13. The predicted octanol–water partition coefficient (Wildman–Crippen LogP) is 5.22. The number of benzene rings is 1. The van der Waals surface area contributed by atoms with Crippen molar-refractivity contribution in [2.45, 2.75) is 33.6 Å². The molecule has 1 N–H and O–H groups in total. The maximum atomic E-state index is 12.4. The van der Waals surface area contributed by atoms with Gasteiger partial charge in [-0.15, -0.1) is 0 Å². The number of ether oxygens (including phenoxy) is 1. The van der Waals surface area contributed by atoms with Crippen molar-refractivity contribution in [3.05, 3.63) is 78.7 Å². The fourth-order valence-corrected chi connectivity index (χ4v) is 1.97. The summed E-state index contributed by atoms with van der Waals surface area (Å²) in [5.41, 5.74) is 2.64. The van der Waals surface area contributed by atoms with Crippen LogP contribution in [0.4, 0.5) is 0 Å². The van der Waals surface area contributed by atoms with Crippen LogP contribution in [0.3, 0.4) is 0 Å². The number of unbranched alkanes of at least 4 members (excludes halogenated alkanes) is 1. The van der Waals surface area contributed by atoms with Gasteiger partial charge in [0.15, 0.2) is 0 Å². The molecule has 0 unspecified atom stereocenters. The van der Waals surface area contributed by atoms with E-state index >= 15 is 0 Å². The fraction of sp³-hybridized carbons (Fsp3) is 0.273. The van der Waals surface area contributed by atoms with Crippen LogP contribution < -0.4 is 10.1 Å². The second-order valence-electron chi connectivity index (χ2n) is 5.76. The van der Waals surface area contributed by atoms with E-state index in [-0.39, 0.29) is 5.91 Å². The van der Waals surface area contributed by atoms with Crippen LogP contribution in [-0.2, 0) is 0 Å².